The molecule has 0 saturated heterocycles. The van der Waals surface area contributed by atoms with Crippen LogP contribution >= 0.6 is 0 Å². The molecule has 0 radical (unpaired) electrons. The molecule has 0 aliphatic carbocycles. The average molecular weight is 217 g/mol. The molecule has 0 saturated carbocycles. The first-order valence-corrected chi connectivity index (χ1v) is 5.25. The van der Waals surface area contributed by atoms with Crippen molar-refractivity contribution < 1.29 is 4.42 Å². The third-order valence-corrected chi connectivity index (χ3v) is 2.49. The molecule has 0 atom stereocenters. The van der Waals surface area contributed by atoms with Gasteiger partial charge in [-0.25, -0.2) is 9.97 Å². The first-order valence-electron chi connectivity index (χ1n) is 5.25. The monoisotopic (exact) mass is 217 g/mol. The van der Waals surface area contributed by atoms with Gasteiger partial charge in [0.1, 0.15) is 11.6 Å². The zero-order valence-electron chi connectivity index (χ0n) is 9.74. The van der Waals surface area contributed by atoms with Gasteiger partial charge in [-0.15, -0.1) is 0 Å². The summed E-state index contributed by atoms with van der Waals surface area (Å²) in [6.45, 7) is 6.43. The molecule has 4 heteroatoms. The van der Waals surface area contributed by atoms with E-state index >= 15 is 0 Å². The van der Waals surface area contributed by atoms with Crippen LogP contribution in [0, 0.1) is 20.8 Å². The fourth-order valence-electron chi connectivity index (χ4n) is 1.44. The van der Waals surface area contributed by atoms with Gasteiger partial charge in [-0.1, -0.05) is 6.07 Å². The number of hydrogen-bond acceptors (Lipinski definition) is 4. The van der Waals surface area contributed by atoms with Gasteiger partial charge in [0, 0.05) is 6.20 Å². The molecule has 4 nitrogen and oxygen atoms in total. The summed E-state index contributed by atoms with van der Waals surface area (Å²) in [6.07, 6.45) is 1.77. The number of nitrogens with zero attached hydrogens (tertiary/aromatic N) is 2. The molecule has 0 bridgehead atoms. The second-order valence-corrected chi connectivity index (χ2v) is 3.77. The Morgan fingerprint density at radius 2 is 2.12 bits per heavy atom. The highest BCUT2D eigenvalue weighted by molar-refractivity contribution is 5.42. The van der Waals surface area contributed by atoms with Crippen LogP contribution in [0.25, 0.3) is 0 Å². The molecule has 0 unspecified atom stereocenters. The maximum atomic E-state index is 5.47. The average Bonchev–Trinajstić information content (AvgIpc) is 2.57. The van der Waals surface area contributed by atoms with Crippen molar-refractivity contribution in [3.8, 4) is 0 Å². The second-order valence-electron chi connectivity index (χ2n) is 3.77. The van der Waals surface area contributed by atoms with Crippen molar-refractivity contribution in [3.63, 3.8) is 0 Å². The third-order valence-electron chi connectivity index (χ3n) is 2.49. The van der Waals surface area contributed by atoms with Crippen molar-refractivity contribution in [2.24, 2.45) is 0 Å². The van der Waals surface area contributed by atoms with Gasteiger partial charge in [0.2, 0.25) is 5.89 Å². The van der Waals surface area contributed by atoms with Gasteiger partial charge in [-0.05, 0) is 32.4 Å². The van der Waals surface area contributed by atoms with E-state index in [2.05, 4.69) is 15.3 Å². The summed E-state index contributed by atoms with van der Waals surface area (Å²) >= 11 is 0. The van der Waals surface area contributed by atoms with Crippen LogP contribution in [-0.4, -0.2) is 9.97 Å². The molecule has 2 aromatic rings. The van der Waals surface area contributed by atoms with E-state index in [4.69, 9.17) is 4.42 Å². The molecule has 84 valence electrons. The van der Waals surface area contributed by atoms with E-state index in [1.807, 2.05) is 32.9 Å². The molecule has 0 amide bonds. The van der Waals surface area contributed by atoms with E-state index in [0.29, 0.717) is 12.4 Å². The number of oxazole rings is 1. The van der Waals surface area contributed by atoms with E-state index in [1.165, 1.54) is 0 Å². The fraction of sp³-hybridized carbons (Fsp3) is 0.333. The van der Waals surface area contributed by atoms with E-state index in [-0.39, 0.29) is 0 Å². The molecule has 0 aromatic carbocycles. The molecular weight excluding hydrogens is 202 g/mol. The standard InChI is InChI=1S/C12H15N3O/c1-8-5-4-6-13-12(8)14-7-11-15-9(2)10(3)16-11/h4-6H,7H2,1-3H3,(H,13,14). The summed E-state index contributed by atoms with van der Waals surface area (Å²) < 4.78 is 5.47. The number of pyridine rings is 1. The van der Waals surface area contributed by atoms with Crippen LogP contribution in [0.3, 0.4) is 0 Å². The first-order chi connectivity index (χ1) is 7.66. The van der Waals surface area contributed by atoms with E-state index in [1.54, 1.807) is 6.20 Å². The molecule has 0 spiro atoms. The highest BCUT2D eigenvalue weighted by atomic mass is 16.4. The smallest absolute Gasteiger partial charge is 0.213 e. The Hall–Kier alpha value is -1.84. The minimum absolute atomic E-state index is 0.562. The number of rotatable bonds is 3. The maximum absolute atomic E-state index is 5.47. The summed E-state index contributed by atoms with van der Waals surface area (Å²) in [5, 5.41) is 3.20. The minimum atomic E-state index is 0.562. The quantitative estimate of drug-likeness (QED) is 0.858. The normalized spacial score (nSPS) is 10.4. The molecule has 0 aliphatic rings. The Morgan fingerprint density at radius 1 is 1.31 bits per heavy atom. The lowest BCUT2D eigenvalue weighted by Gasteiger charge is -2.05. The zero-order valence-corrected chi connectivity index (χ0v) is 9.74. The van der Waals surface area contributed by atoms with E-state index in [0.717, 1.165) is 22.8 Å². The maximum Gasteiger partial charge on any atom is 0.213 e. The first kappa shape index (κ1) is 10.7. The summed E-state index contributed by atoms with van der Waals surface area (Å²) in [4.78, 5) is 8.54. The van der Waals surface area contributed by atoms with Gasteiger partial charge in [-0.2, -0.15) is 0 Å². The van der Waals surface area contributed by atoms with Gasteiger partial charge in [0.05, 0.1) is 12.2 Å². The number of nitrogens with one attached hydrogen (secondary N) is 1. The van der Waals surface area contributed by atoms with Crippen molar-refractivity contribution in [2.45, 2.75) is 27.3 Å². The fourth-order valence-corrected chi connectivity index (χ4v) is 1.44. The lowest BCUT2D eigenvalue weighted by molar-refractivity contribution is 0.478. The Bertz CT molecular complexity index is 471. The lowest BCUT2D eigenvalue weighted by Crippen LogP contribution is -2.03. The molecule has 2 heterocycles. The second kappa shape index (κ2) is 4.35. The van der Waals surface area contributed by atoms with Gasteiger partial charge in [0.25, 0.3) is 0 Å². The van der Waals surface area contributed by atoms with E-state index < -0.39 is 0 Å². The number of aryl methyl sites for hydroxylation is 3. The van der Waals surface area contributed by atoms with Crippen LogP contribution in [0.4, 0.5) is 5.82 Å². The predicted octanol–water partition coefficient (Wildman–Crippen LogP) is 2.61. The number of anilines is 1. The van der Waals surface area contributed by atoms with Crippen molar-refractivity contribution in [3.05, 3.63) is 41.2 Å². The Morgan fingerprint density at radius 3 is 2.75 bits per heavy atom. The molecule has 0 aliphatic heterocycles. The number of hydrogen-bond donors (Lipinski definition) is 1. The van der Waals surface area contributed by atoms with Gasteiger partial charge >= 0.3 is 0 Å². The molecule has 2 aromatic heterocycles. The molecule has 16 heavy (non-hydrogen) atoms. The highest BCUT2D eigenvalue weighted by Crippen LogP contribution is 2.12. The molecular formula is C12H15N3O. The highest BCUT2D eigenvalue weighted by Gasteiger charge is 2.05. The predicted molar refractivity (Wildman–Crippen MR) is 62.3 cm³/mol. The zero-order chi connectivity index (χ0) is 11.5. The Kier molecular flexibility index (Phi) is 2.90. The number of aromatic nitrogens is 2. The summed E-state index contributed by atoms with van der Waals surface area (Å²) in [6, 6.07) is 3.93. The van der Waals surface area contributed by atoms with Crippen molar-refractivity contribution in [1.82, 2.24) is 9.97 Å². The van der Waals surface area contributed by atoms with Crippen LogP contribution in [-0.2, 0) is 6.54 Å². The summed E-state index contributed by atoms with van der Waals surface area (Å²) in [5.74, 6) is 2.44. The van der Waals surface area contributed by atoms with Gasteiger partial charge in [0.15, 0.2) is 0 Å². The minimum Gasteiger partial charge on any atom is -0.444 e. The van der Waals surface area contributed by atoms with Crippen LogP contribution in [0.2, 0.25) is 0 Å². The van der Waals surface area contributed by atoms with Crippen LogP contribution in [0.15, 0.2) is 22.7 Å². The van der Waals surface area contributed by atoms with Gasteiger partial charge in [-0.3, -0.25) is 0 Å². The van der Waals surface area contributed by atoms with Crippen LogP contribution < -0.4 is 5.32 Å². The third kappa shape index (κ3) is 2.21. The van der Waals surface area contributed by atoms with Crippen molar-refractivity contribution >= 4 is 5.82 Å². The summed E-state index contributed by atoms with van der Waals surface area (Å²) in [5.41, 5.74) is 2.05. The van der Waals surface area contributed by atoms with Crippen molar-refractivity contribution in [1.29, 1.82) is 0 Å². The summed E-state index contributed by atoms with van der Waals surface area (Å²) in [7, 11) is 0. The van der Waals surface area contributed by atoms with Crippen molar-refractivity contribution in [2.75, 3.05) is 5.32 Å². The molecule has 1 N–H and O–H groups in total. The topological polar surface area (TPSA) is 51.0 Å². The molecule has 0 fully saturated rings. The largest absolute Gasteiger partial charge is 0.444 e. The van der Waals surface area contributed by atoms with Crippen LogP contribution in [0.1, 0.15) is 22.9 Å². The molecule has 2 rings (SSSR count). The Balaban J connectivity index is 2.05. The van der Waals surface area contributed by atoms with Crippen LogP contribution in [0.5, 0.6) is 0 Å². The Labute approximate surface area is 94.7 Å². The SMILES string of the molecule is Cc1cccnc1NCc1nc(C)c(C)o1. The lowest BCUT2D eigenvalue weighted by atomic mass is 10.3. The van der Waals surface area contributed by atoms with Gasteiger partial charge < -0.3 is 9.73 Å². The van der Waals surface area contributed by atoms with E-state index in [9.17, 15) is 0 Å².